The number of carbonyl (C=O) groups is 2. The quantitative estimate of drug-likeness (QED) is 0.531. The Labute approximate surface area is 185 Å². The van der Waals surface area contributed by atoms with E-state index < -0.39 is 4.75 Å². The highest BCUT2D eigenvalue weighted by molar-refractivity contribution is 8.05. The van der Waals surface area contributed by atoms with E-state index in [0.29, 0.717) is 19.5 Å². The Hall–Kier alpha value is -1.83. The Bertz CT molecular complexity index is 733. The van der Waals surface area contributed by atoms with E-state index in [2.05, 4.69) is 30.6 Å². The van der Waals surface area contributed by atoms with E-state index >= 15 is 0 Å². The highest BCUT2D eigenvalue weighted by Crippen LogP contribution is 2.48. The number of likely N-dealkylation sites (N-methyl/N-ethyl adjacent to an activating group) is 2. The molecular weight excluding hydrogens is 396 g/mol. The van der Waals surface area contributed by atoms with Crippen LogP contribution in [0.25, 0.3) is 0 Å². The second kappa shape index (κ2) is 11.5. The smallest absolute Gasteiger partial charge is 0.249 e. The normalized spacial score (nSPS) is 19.0. The van der Waals surface area contributed by atoms with E-state index in [4.69, 9.17) is 5.73 Å². The highest BCUT2D eigenvalue weighted by Gasteiger charge is 2.49. The van der Waals surface area contributed by atoms with Crippen molar-refractivity contribution in [3.05, 3.63) is 47.0 Å². The van der Waals surface area contributed by atoms with Crippen molar-refractivity contribution in [2.75, 3.05) is 39.3 Å². The third-order valence-electron chi connectivity index (χ3n) is 5.72. The van der Waals surface area contributed by atoms with Crippen molar-refractivity contribution in [2.24, 2.45) is 5.73 Å². The van der Waals surface area contributed by atoms with Gasteiger partial charge in [0.1, 0.15) is 4.75 Å². The zero-order valence-corrected chi connectivity index (χ0v) is 19.4. The first kappa shape index (κ1) is 24.4. The van der Waals surface area contributed by atoms with Gasteiger partial charge in [0.05, 0.1) is 5.03 Å². The lowest BCUT2D eigenvalue weighted by Gasteiger charge is -2.25. The number of benzene rings is 1. The van der Waals surface area contributed by atoms with Crippen LogP contribution in [-0.2, 0) is 20.8 Å². The molecule has 2 rings (SSSR count). The number of carbonyl (C=O) groups excluding carboxylic acids is 2. The molecule has 1 aromatic rings. The van der Waals surface area contributed by atoms with Gasteiger partial charge in [-0.1, -0.05) is 56.5 Å². The molecule has 0 bridgehead atoms. The highest BCUT2D eigenvalue weighted by atomic mass is 32.2. The first-order valence-electron chi connectivity index (χ1n) is 10.9. The van der Waals surface area contributed by atoms with Crippen molar-refractivity contribution in [1.82, 2.24) is 15.1 Å². The van der Waals surface area contributed by atoms with Crippen LogP contribution in [0.3, 0.4) is 0 Å². The van der Waals surface area contributed by atoms with Crippen molar-refractivity contribution >= 4 is 23.6 Å². The second-order valence-corrected chi connectivity index (χ2v) is 8.88. The molecular formula is C23H36N4O2S. The summed E-state index contributed by atoms with van der Waals surface area (Å²) in [5, 5.41) is 3.75. The van der Waals surface area contributed by atoms with Crippen molar-refractivity contribution in [3.63, 3.8) is 0 Å². The van der Waals surface area contributed by atoms with Gasteiger partial charge in [-0.3, -0.25) is 9.59 Å². The maximum atomic E-state index is 12.9. The van der Waals surface area contributed by atoms with Crippen LogP contribution in [0.1, 0.15) is 44.7 Å². The number of amides is 2. The standard InChI is InChI=1S/C23H36N4O2S/c1-5-26(6-2)16-15-25-21(28)10-8-9-19-11-13-20(14-12-19)23(17-24)22(29)27(7-3)18(4)30-23/h11-14H,4-10,15-17,24H2,1-3H3,(H,25,28). The van der Waals surface area contributed by atoms with Crippen LogP contribution in [-0.4, -0.2) is 60.9 Å². The third kappa shape index (κ3) is 5.65. The summed E-state index contributed by atoms with van der Waals surface area (Å²) in [6.07, 6.45) is 2.15. The Kier molecular flexibility index (Phi) is 9.39. The lowest BCUT2D eigenvalue weighted by Crippen LogP contribution is -2.42. The van der Waals surface area contributed by atoms with Gasteiger partial charge < -0.3 is 20.9 Å². The Balaban J connectivity index is 1.85. The third-order valence-corrected chi connectivity index (χ3v) is 7.10. The zero-order valence-electron chi connectivity index (χ0n) is 18.6. The van der Waals surface area contributed by atoms with Gasteiger partial charge in [0.25, 0.3) is 0 Å². The van der Waals surface area contributed by atoms with E-state index in [1.54, 1.807) is 4.90 Å². The zero-order chi connectivity index (χ0) is 22.1. The number of nitrogens with zero attached hydrogens (tertiary/aromatic N) is 2. The summed E-state index contributed by atoms with van der Waals surface area (Å²) in [4.78, 5) is 28.9. The molecule has 0 radical (unpaired) electrons. The molecule has 6 nitrogen and oxygen atoms in total. The minimum absolute atomic E-state index is 0.0108. The summed E-state index contributed by atoms with van der Waals surface area (Å²) in [6.45, 7) is 14.6. The monoisotopic (exact) mass is 432 g/mol. The summed E-state index contributed by atoms with van der Waals surface area (Å²) in [5.74, 6) is 0.114. The molecule has 7 heteroatoms. The average Bonchev–Trinajstić information content (AvgIpc) is 3.01. The molecule has 0 saturated carbocycles. The van der Waals surface area contributed by atoms with Crippen LogP contribution < -0.4 is 11.1 Å². The Morgan fingerprint density at radius 2 is 1.90 bits per heavy atom. The van der Waals surface area contributed by atoms with Crippen molar-refractivity contribution in [2.45, 2.75) is 44.8 Å². The van der Waals surface area contributed by atoms with Crippen LogP contribution in [0.5, 0.6) is 0 Å². The van der Waals surface area contributed by atoms with Crippen molar-refractivity contribution in [3.8, 4) is 0 Å². The fourth-order valence-corrected chi connectivity index (χ4v) is 5.01. The average molecular weight is 433 g/mol. The molecule has 1 unspecified atom stereocenters. The van der Waals surface area contributed by atoms with Gasteiger partial charge in [0.15, 0.2) is 0 Å². The molecule has 1 aliphatic heterocycles. The van der Waals surface area contributed by atoms with Crippen LogP contribution >= 0.6 is 11.8 Å². The number of hydrogen-bond donors (Lipinski definition) is 2. The first-order chi connectivity index (χ1) is 14.4. The van der Waals surface area contributed by atoms with E-state index in [9.17, 15) is 9.59 Å². The minimum atomic E-state index is -0.781. The van der Waals surface area contributed by atoms with Gasteiger partial charge in [-0.2, -0.15) is 0 Å². The maximum Gasteiger partial charge on any atom is 0.249 e. The summed E-state index contributed by atoms with van der Waals surface area (Å²) >= 11 is 1.45. The van der Waals surface area contributed by atoms with E-state index in [1.165, 1.54) is 11.8 Å². The summed E-state index contributed by atoms with van der Waals surface area (Å²) in [5.41, 5.74) is 8.11. The lowest BCUT2D eigenvalue weighted by atomic mass is 9.94. The number of nitrogens with two attached hydrogens (primary N) is 1. The van der Waals surface area contributed by atoms with Gasteiger partial charge in [-0.05, 0) is 44.0 Å². The molecule has 2 amide bonds. The molecule has 1 fully saturated rings. The fraction of sp³-hybridized carbons (Fsp3) is 0.565. The van der Waals surface area contributed by atoms with E-state index in [0.717, 1.165) is 48.6 Å². The Morgan fingerprint density at radius 3 is 2.43 bits per heavy atom. The van der Waals surface area contributed by atoms with Gasteiger partial charge in [-0.25, -0.2) is 0 Å². The first-order valence-corrected chi connectivity index (χ1v) is 11.7. The number of nitrogens with one attached hydrogen (secondary N) is 1. The topological polar surface area (TPSA) is 78.7 Å². The molecule has 1 heterocycles. The van der Waals surface area contributed by atoms with Crippen LogP contribution in [0.4, 0.5) is 0 Å². The number of rotatable bonds is 12. The molecule has 1 aromatic carbocycles. The number of thioether (sulfide) groups is 1. The molecule has 0 aliphatic carbocycles. The van der Waals surface area contributed by atoms with Gasteiger partial charge in [0, 0.05) is 32.6 Å². The number of hydrogen-bond acceptors (Lipinski definition) is 5. The van der Waals surface area contributed by atoms with Gasteiger partial charge >= 0.3 is 0 Å². The molecule has 0 aromatic heterocycles. The fourth-order valence-electron chi connectivity index (χ4n) is 3.76. The van der Waals surface area contributed by atoms with Gasteiger partial charge in [0.2, 0.25) is 11.8 Å². The molecule has 1 aliphatic rings. The summed E-state index contributed by atoms with van der Waals surface area (Å²) in [7, 11) is 0. The molecule has 30 heavy (non-hydrogen) atoms. The van der Waals surface area contributed by atoms with Crippen LogP contribution in [0.2, 0.25) is 0 Å². The van der Waals surface area contributed by atoms with Crippen LogP contribution in [0, 0.1) is 0 Å². The lowest BCUT2D eigenvalue weighted by molar-refractivity contribution is -0.130. The van der Waals surface area contributed by atoms with Crippen molar-refractivity contribution in [1.29, 1.82) is 0 Å². The largest absolute Gasteiger partial charge is 0.355 e. The molecule has 3 N–H and O–H groups in total. The SMILES string of the molecule is C=C1SC(CN)(c2ccc(CCCC(=O)NCCN(CC)CC)cc2)C(=O)N1CC. The predicted molar refractivity (Wildman–Crippen MR) is 125 cm³/mol. The maximum absolute atomic E-state index is 12.9. The molecule has 0 spiro atoms. The predicted octanol–water partition coefficient (Wildman–Crippen LogP) is 2.69. The molecule has 1 saturated heterocycles. The van der Waals surface area contributed by atoms with Crippen LogP contribution in [0.15, 0.2) is 35.9 Å². The second-order valence-electron chi connectivity index (χ2n) is 7.50. The minimum Gasteiger partial charge on any atom is -0.355 e. The summed E-state index contributed by atoms with van der Waals surface area (Å²) in [6, 6.07) is 8.06. The van der Waals surface area contributed by atoms with E-state index in [1.807, 2.05) is 31.2 Å². The molecule has 166 valence electrons. The summed E-state index contributed by atoms with van der Waals surface area (Å²) < 4.78 is -0.781. The van der Waals surface area contributed by atoms with E-state index in [-0.39, 0.29) is 18.4 Å². The molecule has 1 atom stereocenters. The van der Waals surface area contributed by atoms with Gasteiger partial charge in [-0.15, -0.1) is 0 Å². The van der Waals surface area contributed by atoms with Crippen molar-refractivity contribution < 1.29 is 9.59 Å². The Morgan fingerprint density at radius 1 is 1.23 bits per heavy atom. The number of aryl methyl sites for hydroxylation is 1.